The highest BCUT2D eigenvalue weighted by Gasteiger charge is 2.36. The van der Waals surface area contributed by atoms with Crippen LogP contribution in [0, 0.1) is 12.8 Å². The molecule has 4 aromatic carbocycles. The maximum Gasteiger partial charge on any atom is 0.355 e. The average Bonchev–Trinajstić information content (AvgIpc) is 3.93. The lowest BCUT2D eigenvalue weighted by atomic mass is 9.91. The van der Waals surface area contributed by atoms with E-state index in [1.54, 1.807) is 67.2 Å². The first-order valence-corrected chi connectivity index (χ1v) is 24.7. The van der Waals surface area contributed by atoms with Crippen molar-refractivity contribution < 1.29 is 42.6 Å². The minimum Gasteiger partial charge on any atom is -0.487 e. The number of pyridine rings is 1. The number of benzene rings is 4. The Morgan fingerprint density at radius 1 is 0.889 bits per heavy atom. The number of anilines is 3. The molecule has 7 aromatic rings. The van der Waals surface area contributed by atoms with Gasteiger partial charge in [-0.25, -0.2) is 23.5 Å². The highest BCUT2D eigenvalue weighted by Crippen LogP contribution is 2.38. The summed E-state index contributed by atoms with van der Waals surface area (Å²) in [5.41, 5.74) is 5.91. The lowest BCUT2D eigenvalue weighted by Crippen LogP contribution is -2.41. The number of carboxylic acids is 1. The number of thiazole rings is 1. The van der Waals surface area contributed by atoms with Gasteiger partial charge in [-0.15, -0.1) is 0 Å². The molecule has 1 atom stereocenters. The van der Waals surface area contributed by atoms with Gasteiger partial charge in [0.25, 0.3) is 11.8 Å². The van der Waals surface area contributed by atoms with Crippen LogP contribution in [0.3, 0.4) is 0 Å². The number of hydrogen-bond donors (Lipinski definition) is 4. The fraction of sp³-hybridized carbons (Fsp3) is 0.321. The first-order valence-electron chi connectivity index (χ1n) is 23.9. The molecule has 3 aromatic heterocycles. The number of alkyl halides is 2. The number of hydrogen-bond acceptors (Lipinski definition) is 12. The number of aromatic carboxylic acids is 1. The van der Waals surface area contributed by atoms with E-state index in [1.807, 2.05) is 52.3 Å². The number of amides is 4. The predicted octanol–water partition coefficient (Wildman–Crippen LogP) is 8.34. The number of carbonyl (C=O) groups excluding carboxylic acids is 4. The van der Waals surface area contributed by atoms with E-state index in [-0.39, 0.29) is 48.0 Å². The monoisotopic (exact) mass is 995 g/mol. The predicted molar refractivity (Wildman–Crippen MR) is 269 cm³/mol. The molecule has 0 aliphatic carbocycles. The quantitative estimate of drug-likeness (QED) is 0.0761. The molecule has 4 N–H and O–H groups in total. The van der Waals surface area contributed by atoms with Crippen molar-refractivity contribution in [2.24, 2.45) is 13.0 Å². The topological polar surface area (TPSA) is 201 Å². The van der Waals surface area contributed by atoms with Crippen LogP contribution in [0.2, 0.25) is 0 Å². The normalized spacial score (nSPS) is 16.7. The van der Waals surface area contributed by atoms with Gasteiger partial charge in [0.2, 0.25) is 17.7 Å². The maximum atomic E-state index is 15.6. The average molecular weight is 996 g/mol. The van der Waals surface area contributed by atoms with Gasteiger partial charge in [0, 0.05) is 49.5 Å². The van der Waals surface area contributed by atoms with Crippen molar-refractivity contribution in [3.05, 3.63) is 125 Å². The van der Waals surface area contributed by atoms with Gasteiger partial charge in [-0.1, -0.05) is 59.9 Å². The van der Waals surface area contributed by atoms with Crippen molar-refractivity contribution in [2.75, 3.05) is 48.3 Å². The molecule has 16 nitrogen and oxygen atoms in total. The highest BCUT2D eigenvalue weighted by molar-refractivity contribution is 7.22. The largest absolute Gasteiger partial charge is 0.487 e. The summed E-state index contributed by atoms with van der Waals surface area (Å²) in [7, 11) is 1.73. The van der Waals surface area contributed by atoms with Crippen LogP contribution >= 0.6 is 11.3 Å². The van der Waals surface area contributed by atoms with Gasteiger partial charge in [-0.05, 0) is 116 Å². The molecule has 2 fully saturated rings. The zero-order valence-corrected chi connectivity index (χ0v) is 40.4. The number of likely N-dealkylation sites (tertiary alicyclic amines) is 1. The smallest absolute Gasteiger partial charge is 0.355 e. The Morgan fingerprint density at radius 3 is 2.47 bits per heavy atom. The number of piperidine rings is 2. The first-order chi connectivity index (χ1) is 34.7. The minimum absolute atomic E-state index is 0.0681. The second kappa shape index (κ2) is 19.9. The first kappa shape index (κ1) is 48.0. The lowest BCUT2D eigenvalue weighted by Gasteiger charge is -2.33. The van der Waals surface area contributed by atoms with Gasteiger partial charge in [0.1, 0.15) is 11.6 Å². The molecular formula is C53H51F2N9O7S. The van der Waals surface area contributed by atoms with E-state index in [2.05, 4.69) is 31.0 Å². The molecule has 6 heterocycles. The number of aromatic nitrogens is 4. The van der Waals surface area contributed by atoms with Crippen molar-refractivity contribution in [2.45, 2.75) is 63.8 Å². The molecule has 0 saturated carbocycles. The van der Waals surface area contributed by atoms with Crippen molar-refractivity contribution in [3.63, 3.8) is 0 Å². The molecule has 370 valence electrons. The second-order valence-electron chi connectivity index (χ2n) is 18.7. The Balaban J connectivity index is 0.742. The molecule has 4 amide bonds. The van der Waals surface area contributed by atoms with Gasteiger partial charge < -0.3 is 20.1 Å². The number of halogens is 2. The van der Waals surface area contributed by atoms with E-state index in [0.29, 0.717) is 107 Å². The third-order valence-electron chi connectivity index (χ3n) is 13.9. The number of carbonyl (C=O) groups is 5. The molecule has 19 heteroatoms. The van der Waals surface area contributed by atoms with E-state index in [0.717, 1.165) is 21.3 Å². The summed E-state index contributed by atoms with van der Waals surface area (Å²) in [6.07, 6.45) is 1.71. The molecule has 0 radical (unpaired) electrons. The van der Waals surface area contributed by atoms with Crippen molar-refractivity contribution in [3.8, 4) is 16.9 Å². The Labute approximate surface area is 416 Å². The standard InChI is InChI=1S/C53H51F2N9O7S/c1-30-33(34-16-18-43(58-47(34)51(69)70)64-25-22-32-8-5-10-35(38(32)27-64)49(67)60-52-57-39-12-3-4-15-42(39)72-52)9-7-14-41(30)71-29-53(54,55)26-31-20-23-63(24-21-31)28-45(66)56-40-13-6-11-36-46(61-62(2)48(36)40)37-17-19-44(65)59-50(37)68/h3-16,18,31,37H,17,19-29H2,1-2H3,(H,56,66)(H,69,70)(H,57,60,67)(H,59,65,68). The molecule has 1 unspecified atom stereocenters. The SMILES string of the molecule is Cc1c(OCC(F)(F)CC2CCN(CC(=O)Nc3cccc4c(C5CCC(=O)NC5=O)nn(C)c34)CC2)cccc1-c1ccc(N2CCc3cccc(C(=O)Nc4nc5ccccc5s4)c3C2)nc1C(=O)O. The Hall–Kier alpha value is -7.64. The molecule has 72 heavy (non-hydrogen) atoms. The maximum absolute atomic E-state index is 15.6. The summed E-state index contributed by atoms with van der Waals surface area (Å²) in [5.74, 6) is -5.95. The van der Waals surface area contributed by atoms with Crippen molar-refractivity contribution >= 4 is 78.7 Å². The van der Waals surface area contributed by atoms with Crippen LogP contribution in [0.4, 0.5) is 25.4 Å². The van der Waals surface area contributed by atoms with Crippen LogP contribution in [-0.4, -0.2) is 98.1 Å². The van der Waals surface area contributed by atoms with Gasteiger partial charge in [0.15, 0.2) is 17.4 Å². The van der Waals surface area contributed by atoms with Gasteiger partial charge in [0.05, 0.1) is 39.6 Å². The molecule has 0 spiro atoms. The number of nitrogens with zero attached hydrogens (tertiary/aromatic N) is 6. The number of nitrogens with one attached hydrogen (secondary N) is 3. The third kappa shape index (κ3) is 9.98. The summed E-state index contributed by atoms with van der Waals surface area (Å²) < 4.78 is 39.7. The van der Waals surface area contributed by atoms with E-state index >= 15 is 8.78 Å². The molecule has 2 saturated heterocycles. The Kier molecular flexibility index (Phi) is 13.2. The van der Waals surface area contributed by atoms with Gasteiger partial charge in [-0.3, -0.25) is 39.4 Å². The number of fused-ring (bicyclic) bond motifs is 3. The van der Waals surface area contributed by atoms with Crippen LogP contribution in [0.1, 0.15) is 81.3 Å². The summed E-state index contributed by atoms with van der Waals surface area (Å²) in [6, 6.07) is 27.0. The number of ether oxygens (including phenoxy) is 1. The van der Waals surface area contributed by atoms with Crippen molar-refractivity contribution in [1.29, 1.82) is 0 Å². The third-order valence-corrected chi connectivity index (χ3v) is 14.8. The van der Waals surface area contributed by atoms with E-state index < -0.39 is 36.7 Å². The number of carboxylic acid groups (broad SMARTS) is 1. The minimum atomic E-state index is -3.17. The molecule has 10 rings (SSSR count). The van der Waals surface area contributed by atoms with Crippen molar-refractivity contribution in [1.82, 2.24) is 30.0 Å². The Bertz CT molecular complexity index is 3260. The Morgan fingerprint density at radius 2 is 1.68 bits per heavy atom. The summed E-state index contributed by atoms with van der Waals surface area (Å²) in [4.78, 5) is 77.1. The number of aryl methyl sites for hydroxylation is 1. The molecule has 3 aliphatic rings. The molecular weight excluding hydrogens is 945 g/mol. The van der Waals surface area contributed by atoms with Crippen LogP contribution in [0.5, 0.6) is 5.75 Å². The zero-order valence-electron chi connectivity index (χ0n) is 39.5. The fourth-order valence-electron chi connectivity index (χ4n) is 10.2. The second-order valence-corrected chi connectivity index (χ2v) is 19.7. The number of imide groups is 1. The van der Waals surface area contributed by atoms with E-state index in [9.17, 15) is 29.1 Å². The van der Waals surface area contributed by atoms with Crippen LogP contribution in [0.25, 0.3) is 32.2 Å². The van der Waals surface area contributed by atoms with Gasteiger partial charge in [-0.2, -0.15) is 5.10 Å². The summed E-state index contributed by atoms with van der Waals surface area (Å²) in [5, 5.41) is 24.5. The van der Waals surface area contributed by atoms with Gasteiger partial charge >= 0.3 is 5.97 Å². The van der Waals surface area contributed by atoms with E-state index in [1.165, 1.54) is 11.3 Å². The number of rotatable bonds is 14. The fourth-order valence-corrected chi connectivity index (χ4v) is 11.1. The number of para-hydroxylation sites is 2. The van der Waals surface area contributed by atoms with Crippen LogP contribution < -0.4 is 25.6 Å². The summed E-state index contributed by atoms with van der Waals surface area (Å²) in [6.45, 7) is 2.67. The molecule has 3 aliphatic heterocycles. The lowest BCUT2D eigenvalue weighted by molar-refractivity contribution is -0.134. The highest BCUT2D eigenvalue weighted by atomic mass is 32.1. The van der Waals surface area contributed by atoms with Crippen LogP contribution in [0.15, 0.2) is 91.0 Å². The summed E-state index contributed by atoms with van der Waals surface area (Å²) >= 11 is 1.39. The zero-order chi connectivity index (χ0) is 50.3. The molecule has 0 bridgehead atoms. The van der Waals surface area contributed by atoms with E-state index in [4.69, 9.17) is 4.74 Å². The van der Waals surface area contributed by atoms with Crippen LogP contribution in [-0.2, 0) is 34.4 Å².